The molecular weight excluding hydrogens is 544 g/mol. The summed E-state index contributed by atoms with van der Waals surface area (Å²) < 4.78 is 146. The van der Waals surface area contributed by atoms with Gasteiger partial charge in [0.25, 0.3) is 0 Å². The SMILES string of the molecule is [2H]c1c([2H])c([2H])c(-c2ccccc2-c2c3ccccc3c(-c3c([2H])c([2H])c4c(oc5c([2H])c([2H])c([2H])c(-c6c([2H])c([2H])c([2H])c([2H])c6[2H])c54)c3[2H])c3ccccc23)c([2H])c1[2H]. The topological polar surface area (TPSA) is 13.1 Å². The third kappa shape index (κ3) is 4.09. The lowest BCUT2D eigenvalue weighted by Crippen LogP contribution is -1.92. The Balaban J connectivity index is 1.41. The van der Waals surface area contributed by atoms with Crippen LogP contribution in [0.4, 0.5) is 0 Å². The van der Waals surface area contributed by atoms with Crippen molar-refractivity contribution < 1.29 is 26.3 Å². The number of benzene rings is 8. The summed E-state index contributed by atoms with van der Waals surface area (Å²) in [5.41, 5.74) is 0.491. The molecule has 1 heterocycles. The van der Waals surface area contributed by atoms with Gasteiger partial charge in [-0.25, -0.2) is 0 Å². The Morgan fingerprint density at radius 3 is 1.58 bits per heavy atom. The van der Waals surface area contributed by atoms with Crippen molar-refractivity contribution in [2.24, 2.45) is 0 Å². The molecule has 210 valence electrons. The van der Waals surface area contributed by atoms with Crippen LogP contribution in [0.15, 0.2) is 174 Å². The summed E-state index contributed by atoms with van der Waals surface area (Å²) in [5.74, 6) is 0. The first-order valence-corrected chi connectivity index (χ1v) is 14.1. The molecule has 45 heavy (non-hydrogen) atoms. The van der Waals surface area contributed by atoms with Crippen molar-refractivity contribution in [2.75, 3.05) is 0 Å². The monoisotopic (exact) mass is 588 g/mol. The first-order chi connectivity index (χ1) is 29.0. The molecule has 0 radical (unpaired) electrons. The van der Waals surface area contributed by atoms with Crippen LogP contribution >= 0.6 is 0 Å². The summed E-state index contributed by atoms with van der Waals surface area (Å²) in [6.45, 7) is 0. The molecule has 0 saturated heterocycles. The van der Waals surface area contributed by atoms with Crippen LogP contribution in [0.25, 0.3) is 88.0 Å². The lowest BCUT2D eigenvalue weighted by molar-refractivity contribution is 0.669. The molecule has 0 spiro atoms. The Morgan fingerprint density at radius 2 is 0.933 bits per heavy atom. The number of furan rings is 1. The van der Waals surface area contributed by atoms with E-state index in [1.54, 1.807) is 60.7 Å². The molecule has 0 saturated carbocycles. The van der Waals surface area contributed by atoms with Crippen molar-refractivity contribution in [3.63, 3.8) is 0 Å². The second-order valence-corrected chi connectivity index (χ2v) is 10.4. The van der Waals surface area contributed by atoms with Gasteiger partial charge < -0.3 is 4.42 Å². The molecule has 0 aliphatic heterocycles. The maximum absolute atomic E-state index is 9.70. The first kappa shape index (κ1) is 14.2. The predicted octanol–water partition coefficient (Wildman–Crippen LogP) is 12.6. The van der Waals surface area contributed by atoms with Gasteiger partial charge >= 0.3 is 0 Å². The van der Waals surface area contributed by atoms with Crippen molar-refractivity contribution in [2.45, 2.75) is 0 Å². The second kappa shape index (κ2) is 10.4. The molecule has 0 aliphatic rings. The predicted molar refractivity (Wildman–Crippen MR) is 190 cm³/mol. The molecule has 9 aromatic rings. The van der Waals surface area contributed by atoms with Crippen LogP contribution in [-0.2, 0) is 0 Å². The minimum Gasteiger partial charge on any atom is -0.456 e. The third-order valence-corrected chi connectivity index (χ3v) is 7.97. The molecule has 0 aliphatic carbocycles. The van der Waals surface area contributed by atoms with E-state index in [2.05, 4.69) is 0 Å². The highest BCUT2D eigenvalue weighted by atomic mass is 16.3. The fourth-order valence-corrected chi connectivity index (χ4v) is 6.13. The summed E-state index contributed by atoms with van der Waals surface area (Å²) in [5, 5.41) is 1.89. The van der Waals surface area contributed by atoms with Crippen LogP contribution < -0.4 is 0 Å². The lowest BCUT2D eigenvalue weighted by Gasteiger charge is -2.19. The van der Waals surface area contributed by atoms with E-state index in [0.717, 1.165) is 0 Å². The molecule has 1 aromatic heterocycles. The molecule has 9 rings (SSSR count). The second-order valence-electron chi connectivity index (χ2n) is 10.4. The minimum atomic E-state index is -0.702. The maximum atomic E-state index is 9.70. The standard InChI is InChI=1S/C44H28O/c1-3-14-29(15-4-1)32-18-7-8-19-34(32)43-37-22-11-9-20-35(37)42(36-21-10-12-23-38(36)43)31-26-27-39-41(28-31)45-40-25-13-24-33(44(39)40)30-16-5-2-6-17-30/h1-28H/i1D,2D,3D,4D,5D,6D,13D,14D,15D,16D,17D,24D,25D,26D,27D,28D. The molecular formula is C44H28O. The van der Waals surface area contributed by atoms with E-state index in [9.17, 15) is 4.11 Å². The third-order valence-electron chi connectivity index (χ3n) is 7.97. The Kier molecular flexibility index (Phi) is 3.28. The van der Waals surface area contributed by atoms with E-state index in [-0.39, 0.29) is 56.8 Å². The van der Waals surface area contributed by atoms with Gasteiger partial charge in [0.05, 0.1) is 21.9 Å². The zero-order valence-electron chi connectivity index (χ0n) is 39.3. The van der Waals surface area contributed by atoms with Gasteiger partial charge in [0.1, 0.15) is 11.2 Å². The molecule has 0 N–H and O–H groups in total. The molecule has 0 amide bonds. The zero-order chi connectivity index (χ0) is 43.7. The van der Waals surface area contributed by atoms with E-state index < -0.39 is 84.1 Å². The lowest BCUT2D eigenvalue weighted by atomic mass is 9.84. The van der Waals surface area contributed by atoms with Crippen molar-refractivity contribution in [1.29, 1.82) is 0 Å². The highest BCUT2D eigenvalue weighted by molar-refractivity contribution is 6.23. The fraction of sp³-hybridized carbons (Fsp3) is 0. The molecule has 1 nitrogen and oxygen atoms in total. The van der Waals surface area contributed by atoms with Gasteiger partial charge in [-0.2, -0.15) is 0 Å². The summed E-state index contributed by atoms with van der Waals surface area (Å²) in [4.78, 5) is 0. The van der Waals surface area contributed by atoms with E-state index in [1.807, 2.05) is 12.1 Å². The van der Waals surface area contributed by atoms with Crippen LogP contribution in [0.5, 0.6) is 0 Å². The Bertz CT molecular complexity index is 3330. The zero-order valence-corrected chi connectivity index (χ0v) is 23.3. The van der Waals surface area contributed by atoms with Crippen molar-refractivity contribution >= 4 is 43.5 Å². The molecule has 0 atom stereocenters. The van der Waals surface area contributed by atoms with Gasteiger partial charge in [-0.3, -0.25) is 0 Å². The summed E-state index contributed by atoms with van der Waals surface area (Å²) in [7, 11) is 0. The molecule has 1 heteroatoms. The van der Waals surface area contributed by atoms with Gasteiger partial charge in [0.2, 0.25) is 0 Å². The number of fused-ring (bicyclic) bond motifs is 5. The maximum Gasteiger partial charge on any atom is 0.136 e. The number of hydrogen-bond acceptors (Lipinski definition) is 1. The first-order valence-electron chi connectivity index (χ1n) is 22.1. The molecule has 0 unspecified atom stereocenters. The van der Waals surface area contributed by atoms with Gasteiger partial charge in [-0.15, -0.1) is 0 Å². The smallest absolute Gasteiger partial charge is 0.136 e. The number of rotatable bonds is 4. The average molecular weight is 589 g/mol. The van der Waals surface area contributed by atoms with Crippen LogP contribution in [0.1, 0.15) is 21.9 Å². The van der Waals surface area contributed by atoms with E-state index in [4.69, 9.17) is 22.2 Å². The van der Waals surface area contributed by atoms with Crippen molar-refractivity contribution in [3.8, 4) is 44.5 Å². The Labute approximate surface area is 284 Å². The quantitative estimate of drug-likeness (QED) is 0.186. The van der Waals surface area contributed by atoms with E-state index in [1.165, 1.54) is 0 Å². The fourth-order valence-electron chi connectivity index (χ4n) is 6.13. The highest BCUT2D eigenvalue weighted by Gasteiger charge is 2.20. The Morgan fingerprint density at radius 1 is 0.378 bits per heavy atom. The van der Waals surface area contributed by atoms with Crippen LogP contribution in [0, 0.1) is 0 Å². The van der Waals surface area contributed by atoms with Crippen LogP contribution in [0.2, 0.25) is 0 Å². The summed E-state index contributed by atoms with van der Waals surface area (Å²) in [6, 6.07) is 12.5. The molecule has 8 aromatic carbocycles. The van der Waals surface area contributed by atoms with E-state index in [0.29, 0.717) is 43.8 Å². The van der Waals surface area contributed by atoms with Crippen LogP contribution in [-0.4, -0.2) is 0 Å². The minimum absolute atomic E-state index is 0.0123. The van der Waals surface area contributed by atoms with Gasteiger partial charge in [0.15, 0.2) is 0 Å². The normalized spacial score (nSPS) is 16.5. The van der Waals surface area contributed by atoms with Crippen molar-refractivity contribution in [3.05, 3.63) is 169 Å². The average Bonchev–Trinajstić information content (AvgIpc) is 3.67. The van der Waals surface area contributed by atoms with Gasteiger partial charge in [-0.05, 0) is 84.2 Å². The molecule has 0 bridgehead atoms. The van der Waals surface area contributed by atoms with Crippen LogP contribution in [0.3, 0.4) is 0 Å². The van der Waals surface area contributed by atoms with Gasteiger partial charge in [0, 0.05) is 10.8 Å². The largest absolute Gasteiger partial charge is 0.456 e. The summed E-state index contributed by atoms with van der Waals surface area (Å²) in [6.07, 6.45) is 0. The Hall–Kier alpha value is -5.92. The number of hydrogen-bond donors (Lipinski definition) is 0. The van der Waals surface area contributed by atoms with Gasteiger partial charge in [-0.1, -0.05) is 151 Å². The van der Waals surface area contributed by atoms with E-state index >= 15 is 0 Å². The van der Waals surface area contributed by atoms with Crippen molar-refractivity contribution in [1.82, 2.24) is 0 Å². The molecule has 0 fully saturated rings. The highest BCUT2D eigenvalue weighted by Crippen LogP contribution is 2.47. The summed E-state index contributed by atoms with van der Waals surface area (Å²) >= 11 is 0.